The fraction of sp³-hybridized carbons (Fsp3) is 0.462. The van der Waals surface area contributed by atoms with Crippen LogP contribution in [-0.4, -0.2) is 41.7 Å². The number of piperidine rings is 1. The van der Waals surface area contributed by atoms with Gasteiger partial charge in [-0.25, -0.2) is 0 Å². The molecule has 4 nitrogen and oxygen atoms in total. The number of carbonyl (C=O) groups excluding carboxylic acids is 1. The number of likely N-dealkylation sites (tertiary alicyclic amines) is 1. The number of carbonyl (C=O) groups is 1. The predicted molar refractivity (Wildman–Crippen MR) is 68.8 cm³/mol. The topological polar surface area (TPSA) is 49.8 Å². The third kappa shape index (κ3) is 3.62. The van der Waals surface area contributed by atoms with E-state index < -0.39 is 6.10 Å². The van der Waals surface area contributed by atoms with E-state index in [1.165, 1.54) is 0 Å². The van der Waals surface area contributed by atoms with Gasteiger partial charge < -0.3 is 14.7 Å². The van der Waals surface area contributed by atoms with Crippen LogP contribution in [0.1, 0.15) is 12.8 Å². The molecule has 1 N–H and O–H groups in total. The van der Waals surface area contributed by atoms with Gasteiger partial charge in [0.15, 0.2) is 6.61 Å². The summed E-state index contributed by atoms with van der Waals surface area (Å²) >= 11 is 5.75. The van der Waals surface area contributed by atoms with Crippen LogP contribution in [0.4, 0.5) is 0 Å². The zero-order chi connectivity index (χ0) is 13.0. The standard InChI is InChI=1S/C13H16ClNO3/c14-10-3-5-12(6-4-10)18-9-13(17)15-7-1-2-11(16)8-15/h3-6,11,16H,1-2,7-9H2/t11-/m0/s1. The highest BCUT2D eigenvalue weighted by Crippen LogP contribution is 2.16. The minimum Gasteiger partial charge on any atom is -0.484 e. The van der Waals surface area contributed by atoms with Gasteiger partial charge in [-0.05, 0) is 37.1 Å². The van der Waals surface area contributed by atoms with Crippen molar-refractivity contribution in [2.75, 3.05) is 19.7 Å². The second-order valence-corrected chi connectivity index (χ2v) is 4.81. The molecule has 5 heteroatoms. The molecule has 18 heavy (non-hydrogen) atoms. The molecule has 1 amide bonds. The molecular formula is C13H16ClNO3. The van der Waals surface area contributed by atoms with Gasteiger partial charge in [0.25, 0.3) is 5.91 Å². The Labute approximate surface area is 111 Å². The van der Waals surface area contributed by atoms with Crippen LogP contribution in [0.25, 0.3) is 0 Å². The quantitative estimate of drug-likeness (QED) is 0.909. The van der Waals surface area contributed by atoms with E-state index >= 15 is 0 Å². The molecular weight excluding hydrogens is 254 g/mol. The minimum atomic E-state index is -0.404. The number of benzene rings is 1. The lowest BCUT2D eigenvalue weighted by Crippen LogP contribution is -2.44. The molecule has 0 aliphatic carbocycles. The van der Waals surface area contributed by atoms with Gasteiger partial charge in [0.1, 0.15) is 5.75 Å². The monoisotopic (exact) mass is 269 g/mol. The first kappa shape index (κ1) is 13.2. The molecule has 1 aromatic rings. The van der Waals surface area contributed by atoms with Crippen molar-refractivity contribution in [3.63, 3.8) is 0 Å². The summed E-state index contributed by atoms with van der Waals surface area (Å²) in [7, 11) is 0. The first-order chi connectivity index (χ1) is 8.65. The molecule has 1 saturated heterocycles. The molecule has 0 bridgehead atoms. The Balaban J connectivity index is 1.82. The maximum Gasteiger partial charge on any atom is 0.260 e. The SMILES string of the molecule is O=C(COc1ccc(Cl)cc1)N1CCC[C@H](O)C1. The van der Waals surface area contributed by atoms with E-state index in [1.54, 1.807) is 29.2 Å². The fourth-order valence-corrected chi connectivity index (χ4v) is 2.07. The maximum absolute atomic E-state index is 11.8. The van der Waals surface area contributed by atoms with E-state index in [0.717, 1.165) is 12.8 Å². The zero-order valence-corrected chi connectivity index (χ0v) is 10.8. The molecule has 1 aliphatic rings. The summed E-state index contributed by atoms with van der Waals surface area (Å²) in [4.78, 5) is 13.5. The van der Waals surface area contributed by atoms with Crippen molar-refractivity contribution in [2.24, 2.45) is 0 Å². The van der Waals surface area contributed by atoms with Crippen LogP contribution in [0.3, 0.4) is 0 Å². The Morgan fingerprint density at radius 2 is 2.17 bits per heavy atom. The average Bonchev–Trinajstić information content (AvgIpc) is 2.38. The largest absolute Gasteiger partial charge is 0.484 e. The lowest BCUT2D eigenvalue weighted by atomic mass is 10.1. The van der Waals surface area contributed by atoms with Gasteiger partial charge in [0.2, 0.25) is 0 Å². The van der Waals surface area contributed by atoms with Crippen molar-refractivity contribution >= 4 is 17.5 Å². The smallest absolute Gasteiger partial charge is 0.260 e. The van der Waals surface area contributed by atoms with Crippen LogP contribution < -0.4 is 4.74 Å². The van der Waals surface area contributed by atoms with E-state index in [4.69, 9.17) is 16.3 Å². The van der Waals surface area contributed by atoms with Crippen molar-refractivity contribution < 1.29 is 14.6 Å². The normalized spacial score (nSPS) is 19.7. The number of halogens is 1. The predicted octanol–water partition coefficient (Wildman–Crippen LogP) is 1.70. The molecule has 0 saturated carbocycles. The Bertz CT molecular complexity index is 407. The average molecular weight is 270 g/mol. The van der Waals surface area contributed by atoms with Gasteiger partial charge in [-0.15, -0.1) is 0 Å². The number of hydrogen-bond acceptors (Lipinski definition) is 3. The van der Waals surface area contributed by atoms with E-state index in [1.807, 2.05) is 0 Å². The molecule has 2 rings (SSSR count). The molecule has 98 valence electrons. The highest BCUT2D eigenvalue weighted by molar-refractivity contribution is 6.30. The number of amides is 1. The fourth-order valence-electron chi connectivity index (χ4n) is 1.95. The molecule has 1 aliphatic heterocycles. The minimum absolute atomic E-state index is 0.00560. The van der Waals surface area contributed by atoms with Crippen molar-refractivity contribution in [3.8, 4) is 5.75 Å². The van der Waals surface area contributed by atoms with Gasteiger partial charge in [0.05, 0.1) is 6.10 Å². The number of ether oxygens (including phenoxy) is 1. The maximum atomic E-state index is 11.8. The summed E-state index contributed by atoms with van der Waals surface area (Å²) in [5, 5.41) is 10.1. The number of nitrogens with zero attached hydrogens (tertiary/aromatic N) is 1. The van der Waals surface area contributed by atoms with E-state index in [9.17, 15) is 9.90 Å². The third-order valence-corrected chi connectivity index (χ3v) is 3.18. The lowest BCUT2D eigenvalue weighted by Gasteiger charge is -2.29. The molecule has 0 unspecified atom stereocenters. The summed E-state index contributed by atoms with van der Waals surface area (Å²) in [5.74, 6) is 0.522. The summed E-state index contributed by atoms with van der Waals surface area (Å²) < 4.78 is 5.38. The summed E-state index contributed by atoms with van der Waals surface area (Å²) in [6.07, 6.45) is 1.20. The van der Waals surface area contributed by atoms with Crippen LogP contribution in [0, 0.1) is 0 Å². The Hall–Kier alpha value is -1.26. The van der Waals surface area contributed by atoms with Crippen LogP contribution in [0.2, 0.25) is 5.02 Å². The van der Waals surface area contributed by atoms with Crippen LogP contribution in [-0.2, 0) is 4.79 Å². The molecule has 0 spiro atoms. The summed E-state index contributed by atoms with van der Waals surface area (Å²) in [6.45, 7) is 1.09. The Morgan fingerprint density at radius 1 is 1.44 bits per heavy atom. The van der Waals surface area contributed by atoms with Gasteiger partial charge in [-0.3, -0.25) is 4.79 Å². The van der Waals surface area contributed by atoms with Crippen molar-refractivity contribution in [1.82, 2.24) is 4.90 Å². The Morgan fingerprint density at radius 3 is 2.83 bits per heavy atom. The zero-order valence-electron chi connectivity index (χ0n) is 10.0. The summed E-state index contributed by atoms with van der Waals surface area (Å²) in [6, 6.07) is 6.87. The second-order valence-electron chi connectivity index (χ2n) is 4.38. The van der Waals surface area contributed by atoms with Crippen LogP contribution >= 0.6 is 11.6 Å². The number of aliphatic hydroxyl groups is 1. The van der Waals surface area contributed by atoms with Crippen LogP contribution in [0.15, 0.2) is 24.3 Å². The lowest BCUT2D eigenvalue weighted by molar-refractivity contribution is -0.136. The van der Waals surface area contributed by atoms with Crippen LogP contribution in [0.5, 0.6) is 5.75 Å². The van der Waals surface area contributed by atoms with Gasteiger partial charge in [-0.2, -0.15) is 0 Å². The van der Waals surface area contributed by atoms with Gasteiger partial charge in [0, 0.05) is 18.1 Å². The van der Waals surface area contributed by atoms with E-state index in [-0.39, 0.29) is 12.5 Å². The third-order valence-electron chi connectivity index (χ3n) is 2.93. The number of β-amino-alcohol motifs (C(OH)–C–C–N with tert-alkyl or cyclic N) is 1. The Kier molecular flexibility index (Phi) is 4.44. The summed E-state index contributed by atoms with van der Waals surface area (Å²) in [5.41, 5.74) is 0. The first-order valence-corrected chi connectivity index (χ1v) is 6.37. The molecule has 1 atom stereocenters. The number of aliphatic hydroxyl groups excluding tert-OH is 1. The van der Waals surface area contributed by atoms with Crippen molar-refractivity contribution in [3.05, 3.63) is 29.3 Å². The van der Waals surface area contributed by atoms with Gasteiger partial charge in [-0.1, -0.05) is 11.6 Å². The van der Waals surface area contributed by atoms with E-state index in [2.05, 4.69) is 0 Å². The molecule has 0 radical (unpaired) electrons. The first-order valence-electron chi connectivity index (χ1n) is 5.99. The molecule has 1 aromatic carbocycles. The molecule has 1 heterocycles. The van der Waals surface area contributed by atoms with Gasteiger partial charge >= 0.3 is 0 Å². The van der Waals surface area contributed by atoms with Crippen molar-refractivity contribution in [2.45, 2.75) is 18.9 Å². The molecule has 0 aromatic heterocycles. The second kappa shape index (κ2) is 6.07. The molecule has 1 fully saturated rings. The highest BCUT2D eigenvalue weighted by atomic mass is 35.5. The number of rotatable bonds is 3. The van der Waals surface area contributed by atoms with E-state index in [0.29, 0.717) is 23.9 Å². The highest BCUT2D eigenvalue weighted by Gasteiger charge is 2.22. The van der Waals surface area contributed by atoms with Crippen molar-refractivity contribution in [1.29, 1.82) is 0 Å². The number of hydrogen-bond donors (Lipinski definition) is 1.